The van der Waals surface area contributed by atoms with Crippen molar-refractivity contribution < 1.29 is 23.1 Å². The van der Waals surface area contributed by atoms with Crippen molar-refractivity contribution in [2.24, 2.45) is 0 Å². The molecule has 1 saturated carbocycles. The quantitative estimate of drug-likeness (QED) is 0.258. The molecule has 42 heavy (non-hydrogen) atoms. The van der Waals surface area contributed by atoms with E-state index in [-0.39, 0.29) is 29.9 Å². The maximum Gasteiger partial charge on any atom is 0.280 e. The number of hydrogen-bond donors (Lipinski definition) is 3. The highest BCUT2D eigenvalue weighted by Gasteiger charge is 2.29. The standard InChI is InChI=1S/C29H31F3N8O2/c1-29(2,42)26(30)16-35-28(41)21-15-34-23(24-8-7-20-11-17(13-33)14-37-40(20)24)12-22(21)38-18-3-5-19(6-4-18)39-25(27(31)32)9-10-36-39/h7-12,14-15,18-19,26-27,42H,3-6,16H2,1-2H3,(H,34,38)(H,35,41)/t18-,19-,26-/m1/s1. The van der Waals surface area contributed by atoms with Gasteiger partial charge in [0.25, 0.3) is 12.3 Å². The van der Waals surface area contributed by atoms with Crippen molar-refractivity contribution in [1.29, 1.82) is 5.26 Å². The number of carbonyl (C=O) groups is 1. The lowest BCUT2D eigenvalue weighted by molar-refractivity contribution is -0.00177. The number of fused-ring (bicyclic) bond motifs is 1. The molecule has 0 spiro atoms. The minimum atomic E-state index is -2.61. The van der Waals surface area contributed by atoms with E-state index in [9.17, 15) is 28.3 Å². The minimum absolute atomic E-state index is 0.0701. The Bertz CT molecular complexity index is 1610. The lowest BCUT2D eigenvalue weighted by atomic mass is 9.90. The number of pyridine rings is 1. The summed E-state index contributed by atoms with van der Waals surface area (Å²) in [6.45, 7) is 2.26. The minimum Gasteiger partial charge on any atom is -0.387 e. The zero-order valence-corrected chi connectivity index (χ0v) is 23.1. The van der Waals surface area contributed by atoms with Gasteiger partial charge in [-0.15, -0.1) is 0 Å². The first kappa shape index (κ1) is 29.1. The smallest absolute Gasteiger partial charge is 0.280 e. The number of nitriles is 1. The predicted molar refractivity (Wildman–Crippen MR) is 149 cm³/mol. The summed E-state index contributed by atoms with van der Waals surface area (Å²) < 4.78 is 44.2. The molecule has 5 rings (SSSR count). The molecule has 1 aliphatic carbocycles. The van der Waals surface area contributed by atoms with Gasteiger partial charge in [0.1, 0.15) is 17.9 Å². The number of nitrogens with one attached hydrogen (secondary N) is 2. The summed E-state index contributed by atoms with van der Waals surface area (Å²) in [6, 6.07) is 10.2. The summed E-state index contributed by atoms with van der Waals surface area (Å²) in [4.78, 5) is 17.6. The molecular formula is C29H31F3N8O2. The highest BCUT2D eigenvalue weighted by atomic mass is 19.3. The Morgan fingerprint density at radius 1 is 1.14 bits per heavy atom. The molecular weight excluding hydrogens is 549 g/mol. The maximum absolute atomic E-state index is 14.4. The van der Waals surface area contributed by atoms with Gasteiger partial charge in [-0.25, -0.2) is 17.7 Å². The number of halogens is 3. The number of rotatable bonds is 9. The molecule has 0 radical (unpaired) electrons. The van der Waals surface area contributed by atoms with Gasteiger partial charge in [-0.3, -0.25) is 14.5 Å². The van der Waals surface area contributed by atoms with Crippen LogP contribution in [-0.2, 0) is 0 Å². The molecule has 1 atom stereocenters. The van der Waals surface area contributed by atoms with Crippen molar-refractivity contribution >= 4 is 17.1 Å². The number of hydrogen-bond acceptors (Lipinski definition) is 7. The van der Waals surface area contributed by atoms with Crippen molar-refractivity contribution in [2.45, 2.75) is 69.8 Å². The average Bonchev–Trinajstić information content (AvgIpc) is 3.63. The third-order valence-corrected chi connectivity index (χ3v) is 7.58. The number of aliphatic hydroxyl groups is 1. The Labute approximate surface area is 240 Å². The van der Waals surface area contributed by atoms with Crippen molar-refractivity contribution in [3.8, 4) is 17.5 Å². The van der Waals surface area contributed by atoms with Crippen LogP contribution in [0, 0.1) is 11.3 Å². The highest BCUT2D eigenvalue weighted by Crippen LogP contribution is 2.34. The van der Waals surface area contributed by atoms with E-state index in [0.717, 1.165) is 0 Å². The second-order valence-corrected chi connectivity index (χ2v) is 11.0. The molecule has 0 saturated heterocycles. The monoisotopic (exact) mass is 580 g/mol. The first-order chi connectivity index (χ1) is 20.0. The molecule has 3 N–H and O–H groups in total. The molecule has 0 unspecified atom stereocenters. The number of aromatic nitrogens is 5. The highest BCUT2D eigenvalue weighted by molar-refractivity contribution is 6.00. The lowest BCUT2D eigenvalue weighted by Gasteiger charge is -2.31. The third kappa shape index (κ3) is 6.08. The van der Waals surface area contributed by atoms with Gasteiger partial charge in [0.2, 0.25) is 0 Å². The van der Waals surface area contributed by atoms with Crippen molar-refractivity contribution in [3.63, 3.8) is 0 Å². The van der Waals surface area contributed by atoms with Crippen molar-refractivity contribution in [1.82, 2.24) is 29.7 Å². The normalized spacial score (nSPS) is 18.1. The van der Waals surface area contributed by atoms with Gasteiger partial charge in [-0.05, 0) is 69.9 Å². The van der Waals surface area contributed by atoms with Crippen LogP contribution in [0.15, 0.2) is 48.9 Å². The average molecular weight is 581 g/mol. The van der Waals surface area contributed by atoms with Gasteiger partial charge in [0, 0.05) is 18.4 Å². The maximum atomic E-state index is 14.4. The molecule has 0 bridgehead atoms. The van der Waals surface area contributed by atoms with Gasteiger partial charge in [0.05, 0.1) is 58.1 Å². The van der Waals surface area contributed by atoms with Crippen LogP contribution >= 0.6 is 0 Å². The molecule has 13 heteroatoms. The van der Waals surface area contributed by atoms with Crippen LogP contribution in [0.3, 0.4) is 0 Å². The third-order valence-electron chi connectivity index (χ3n) is 7.58. The van der Waals surface area contributed by atoms with Crippen LogP contribution < -0.4 is 10.6 Å². The van der Waals surface area contributed by atoms with E-state index in [2.05, 4.69) is 31.9 Å². The lowest BCUT2D eigenvalue weighted by Crippen LogP contribution is -2.42. The zero-order chi connectivity index (χ0) is 30.0. The summed E-state index contributed by atoms with van der Waals surface area (Å²) in [6.07, 6.45) is 2.46. The first-order valence-electron chi connectivity index (χ1n) is 13.7. The molecule has 220 valence electrons. The van der Waals surface area contributed by atoms with E-state index in [4.69, 9.17) is 0 Å². The SMILES string of the molecule is CC(C)(O)[C@H](F)CNC(=O)c1cnc(-c2ccc3cc(C#N)cnn23)cc1N[C@H]1CC[C@H](n2nccc2C(F)F)CC1. The molecule has 4 aromatic rings. The number of anilines is 1. The Morgan fingerprint density at radius 3 is 2.60 bits per heavy atom. The van der Waals surface area contributed by atoms with E-state index in [1.54, 1.807) is 22.7 Å². The van der Waals surface area contributed by atoms with E-state index >= 15 is 0 Å². The number of amides is 1. The fraction of sp³-hybridized carbons (Fsp3) is 0.414. The summed E-state index contributed by atoms with van der Waals surface area (Å²) in [5.41, 5.74) is 1.20. The van der Waals surface area contributed by atoms with E-state index in [0.29, 0.717) is 53.8 Å². The number of nitrogens with zero attached hydrogens (tertiary/aromatic N) is 6. The molecule has 1 aliphatic rings. The second kappa shape index (κ2) is 11.8. The van der Waals surface area contributed by atoms with Crippen LogP contribution in [0.5, 0.6) is 0 Å². The van der Waals surface area contributed by atoms with E-state index < -0.39 is 24.1 Å². The van der Waals surface area contributed by atoms with E-state index in [1.165, 1.54) is 43.2 Å². The molecule has 4 aromatic heterocycles. The molecule has 0 aliphatic heterocycles. The van der Waals surface area contributed by atoms with Crippen molar-refractivity contribution in [2.75, 3.05) is 11.9 Å². The zero-order valence-electron chi connectivity index (χ0n) is 23.1. The molecule has 1 fully saturated rings. The van der Waals surface area contributed by atoms with Crippen LogP contribution in [0.2, 0.25) is 0 Å². The molecule has 4 heterocycles. The predicted octanol–water partition coefficient (Wildman–Crippen LogP) is 4.84. The van der Waals surface area contributed by atoms with Crippen LogP contribution in [0.1, 0.15) is 73.6 Å². The van der Waals surface area contributed by atoms with Gasteiger partial charge in [-0.2, -0.15) is 15.5 Å². The Kier molecular flexibility index (Phi) is 8.17. The topological polar surface area (TPSA) is 133 Å². The molecule has 0 aromatic carbocycles. The second-order valence-electron chi connectivity index (χ2n) is 11.0. The fourth-order valence-corrected chi connectivity index (χ4v) is 5.16. The Balaban J connectivity index is 1.40. The first-order valence-corrected chi connectivity index (χ1v) is 13.7. The van der Waals surface area contributed by atoms with Crippen LogP contribution in [0.4, 0.5) is 18.9 Å². The van der Waals surface area contributed by atoms with Gasteiger partial charge in [-0.1, -0.05) is 0 Å². The largest absolute Gasteiger partial charge is 0.387 e. The van der Waals surface area contributed by atoms with Gasteiger partial charge < -0.3 is 15.7 Å². The number of carbonyl (C=O) groups excluding carboxylic acids is 1. The molecule has 10 nitrogen and oxygen atoms in total. The Morgan fingerprint density at radius 2 is 1.90 bits per heavy atom. The summed E-state index contributed by atoms with van der Waals surface area (Å²) in [7, 11) is 0. The Hall–Kier alpha value is -4.44. The van der Waals surface area contributed by atoms with Crippen LogP contribution in [-0.4, -0.2) is 59.8 Å². The number of alkyl halides is 3. The summed E-state index contributed by atoms with van der Waals surface area (Å²) >= 11 is 0. The summed E-state index contributed by atoms with van der Waals surface area (Å²) in [5.74, 6) is -0.563. The summed E-state index contributed by atoms with van der Waals surface area (Å²) in [5, 5.41) is 33.5. The van der Waals surface area contributed by atoms with Crippen LogP contribution in [0.25, 0.3) is 16.9 Å². The molecule has 1 amide bonds. The van der Waals surface area contributed by atoms with Crippen molar-refractivity contribution in [3.05, 3.63) is 65.7 Å². The fourth-order valence-electron chi connectivity index (χ4n) is 5.16. The van der Waals surface area contributed by atoms with Gasteiger partial charge >= 0.3 is 0 Å². The van der Waals surface area contributed by atoms with E-state index in [1.807, 2.05) is 6.07 Å². The van der Waals surface area contributed by atoms with Gasteiger partial charge in [0.15, 0.2) is 0 Å².